The summed E-state index contributed by atoms with van der Waals surface area (Å²) in [6.45, 7) is 0.456. The van der Waals surface area contributed by atoms with Gasteiger partial charge in [0, 0.05) is 24.2 Å². The molecule has 184 valence electrons. The number of non-ortho nitro benzene ring substituents is 1. The molecule has 0 fully saturated rings. The van der Waals surface area contributed by atoms with E-state index >= 15 is 0 Å². The van der Waals surface area contributed by atoms with Gasteiger partial charge in [0.1, 0.15) is 16.9 Å². The summed E-state index contributed by atoms with van der Waals surface area (Å²) in [6.07, 6.45) is 3.02. The Morgan fingerprint density at radius 3 is 2.51 bits per heavy atom. The first-order chi connectivity index (χ1) is 18.0. The molecule has 0 radical (unpaired) electrons. The molecule has 0 aliphatic heterocycles. The number of nitro benzene ring substituents is 1. The van der Waals surface area contributed by atoms with Crippen LogP contribution in [0.25, 0.3) is 22.2 Å². The van der Waals surface area contributed by atoms with E-state index in [9.17, 15) is 14.9 Å². The van der Waals surface area contributed by atoms with E-state index in [4.69, 9.17) is 5.73 Å². The van der Waals surface area contributed by atoms with E-state index in [1.807, 2.05) is 54.6 Å². The molecule has 5 aromatic rings. The van der Waals surface area contributed by atoms with Crippen LogP contribution in [0.2, 0.25) is 0 Å². The zero-order chi connectivity index (χ0) is 25.8. The average Bonchev–Trinajstić information content (AvgIpc) is 3.19. The van der Waals surface area contributed by atoms with Gasteiger partial charge in [-0.2, -0.15) is 9.78 Å². The van der Waals surface area contributed by atoms with Crippen molar-refractivity contribution in [2.75, 3.05) is 12.3 Å². The standard InChI is InChI=1S/C27H23N7O3/c28-25-23(27(35)29-15-7-11-18-8-2-1-3-9-18)24-26(32-22-14-5-4-13-21(22)31-24)33(25)30-17-19-10-6-12-20(16-19)34(36)37/h1-6,8-10,12-14,16-17H,7,11,15,28H2,(H,29,35)/b30-17-. The number of aryl methyl sites for hydroxylation is 1. The van der Waals surface area contributed by atoms with Gasteiger partial charge in [-0.25, -0.2) is 9.97 Å². The van der Waals surface area contributed by atoms with Crippen LogP contribution in [0.3, 0.4) is 0 Å². The minimum absolute atomic E-state index is 0.0596. The fourth-order valence-corrected chi connectivity index (χ4v) is 4.06. The third-order valence-corrected chi connectivity index (χ3v) is 5.87. The molecular weight excluding hydrogens is 470 g/mol. The predicted octanol–water partition coefficient (Wildman–Crippen LogP) is 4.32. The number of nitrogens with two attached hydrogens (primary N) is 1. The molecule has 0 atom stereocenters. The SMILES string of the molecule is Nc1c(C(=O)NCCCc2ccccc2)c2nc3ccccc3nc2n1/N=C\c1cccc([N+](=O)[O-])c1. The van der Waals surface area contributed by atoms with Gasteiger partial charge in [-0.15, -0.1) is 0 Å². The number of anilines is 1. The van der Waals surface area contributed by atoms with Crippen molar-refractivity contribution in [3.8, 4) is 0 Å². The van der Waals surface area contributed by atoms with Crippen LogP contribution in [0.15, 0.2) is 84.0 Å². The van der Waals surface area contributed by atoms with E-state index in [1.165, 1.54) is 28.6 Å². The van der Waals surface area contributed by atoms with Crippen molar-refractivity contribution in [3.05, 3.63) is 106 Å². The predicted molar refractivity (Wildman–Crippen MR) is 143 cm³/mol. The van der Waals surface area contributed by atoms with Gasteiger partial charge in [0.05, 0.1) is 22.2 Å². The van der Waals surface area contributed by atoms with Crippen molar-refractivity contribution < 1.29 is 9.72 Å². The van der Waals surface area contributed by atoms with Gasteiger partial charge in [0.15, 0.2) is 5.65 Å². The molecule has 0 saturated heterocycles. The number of benzene rings is 3. The Bertz CT molecular complexity index is 1640. The number of carbonyl (C=O) groups is 1. The lowest BCUT2D eigenvalue weighted by molar-refractivity contribution is -0.384. The summed E-state index contributed by atoms with van der Waals surface area (Å²) >= 11 is 0. The number of hydrogen-bond acceptors (Lipinski definition) is 7. The Morgan fingerprint density at radius 1 is 1.03 bits per heavy atom. The number of rotatable bonds is 8. The van der Waals surface area contributed by atoms with Gasteiger partial charge in [-0.1, -0.05) is 54.6 Å². The lowest BCUT2D eigenvalue weighted by Crippen LogP contribution is -2.25. The molecule has 3 N–H and O–H groups in total. The molecule has 0 aliphatic carbocycles. The zero-order valence-electron chi connectivity index (χ0n) is 19.7. The maximum atomic E-state index is 13.2. The summed E-state index contributed by atoms with van der Waals surface area (Å²) < 4.78 is 1.34. The highest BCUT2D eigenvalue weighted by atomic mass is 16.6. The molecule has 5 rings (SSSR count). The van der Waals surface area contributed by atoms with Gasteiger partial charge in [-0.05, 0) is 30.5 Å². The molecule has 2 aromatic heterocycles. The number of amides is 1. The fraction of sp³-hybridized carbons (Fsp3) is 0.111. The Kier molecular flexibility index (Phi) is 6.54. The molecule has 0 saturated carbocycles. The van der Waals surface area contributed by atoms with Crippen LogP contribution < -0.4 is 11.1 Å². The number of aromatic nitrogens is 3. The molecular formula is C27H23N7O3. The van der Waals surface area contributed by atoms with Crippen molar-refractivity contribution in [2.24, 2.45) is 5.10 Å². The van der Waals surface area contributed by atoms with Crippen LogP contribution in [0, 0.1) is 10.1 Å². The topological polar surface area (TPSA) is 141 Å². The van der Waals surface area contributed by atoms with Crippen molar-refractivity contribution in [1.82, 2.24) is 20.0 Å². The van der Waals surface area contributed by atoms with E-state index in [2.05, 4.69) is 20.4 Å². The Labute approximate surface area is 211 Å². The second-order valence-corrected chi connectivity index (χ2v) is 8.40. The van der Waals surface area contributed by atoms with Gasteiger partial charge >= 0.3 is 0 Å². The first kappa shape index (κ1) is 23.6. The second-order valence-electron chi connectivity index (χ2n) is 8.40. The molecule has 0 spiro atoms. The number of hydrogen-bond donors (Lipinski definition) is 2. The third-order valence-electron chi connectivity index (χ3n) is 5.87. The largest absolute Gasteiger partial charge is 0.383 e. The number of nitrogens with one attached hydrogen (secondary N) is 1. The number of nitrogens with zero attached hydrogens (tertiary/aromatic N) is 5. The Balaban J connectivity index is 1.48. The smallest absolute Gasteiger partial charge is 0.270 e. The summed E-state index contributed by atoms with van der Waals surface area (Å²) in [5.74, 6) is -0.294. The molecule has 10 heteroatoms. The maximum Gasteiger partial charge on any atom is 0.270 e. The van der Waals surface area contributed by atoms with Crippen LogP contribution in [-0.2, 0) is 6.42 Å². The van der Waals surface area contributed by atoms with Crippen LogP contribution in [0.4, 0.5) is 11.5 Å². The van der Waals surface area contributed by atoms with Crippen molar-refractivity contribution in [1.29, 1.82) is 0 Å². The molecule has 0 bridgehead atoms. The first-order valence-corrected chi connectivity index (χ1v) is 11.7. The van der Waals surface area contributed by atoms with Gasteiger partial charge < -0.3 is 11.1 Å². The molecule has 37 heavy (non-hydrogen) atoms. The van der Waals surface area contributed by atoms with E-state index in [-0.39, 0.29) is 23.0 Å². The van der Waals surface area contributed by atoms with E-state index < -0.39 is 4.92 Å². The minimum atomic E-state index is -0.478. The lowest BCUT2D eigenvalue weighted by Gasteiger charge is -2.06. The molecule has 3 aromatic carbocycles. The van der Waals surface area contributed by atoms with Crippen molar-refractivity contribution in [2.45, 2.75) is 12.8 Å². The first-order valence-electron chi connectivity index (χ1n) is 11.7. The highest BCUT2D eigenvalue weighted by molar-refractivity contribution is 6.10. The van der Waals surface area contributed by atoms with Crippen molar-refractivity contribution >= 4 is 45.8 Å². The summed E-state index contributed by atoms with van der Waals surface area (Å²) in [5, 5.41) is 18.5. The Morgan fingerprint density at radius 2 is 1.76 bits per heavy atom. The molecule has 0 aliphatic rings. The second kappa shape index (κ2) is 10.2. The third kappa shape index (κ3) is 4.98. The molecule has 0 unspecified atom stereocenters. The zero-order valence-corrected chi connectivity index (χ0v) is 19.7. The number of fused-ring (bicyclic) bond motifs is 2. The van der Waals surface area contributed by atoms with Crippen LogP contribution in [0.1, 0.15) is 27.9 Å². The number of carbonyl (C=O) groups excluding carboxylic acids is 1. The fourth-order valence-electron chi connectivity index (χ4n) is 4.06. The highest BCUT2D eigenvalue weighted by Crippen LogP contribution is 2.28. The maximum absolute atomic E-state index is 13.2. The van der Waals surface area contributed by atoms with E-state index in [0.717, 1.165) is 12.8 Å². The minimum Gasteiger partial charge on any atom is -0.383 e. The summed E-state index contributed by atoms with van der Waals surface area (Å²) in [5.41, 5.74) is 10.1. The Hall–Kier alpha value is -5.12. The highest BCUT2D eigenvalue weighted by Gasteiger charge is 2.24. The van der Waals surface area contributed by atoms with Crippen LogP contribution >= 0.6 is 0 Å². The quantitative estimate of drug-likeness (QED) is 0.143. The number of nitro groups is 1. The van der Waals surface area contributed by atoms with Crippen molar-refractivity contribution in [3.63, 3.8) is 0 Å². The lowest BCUT2D eigenvalue weighted by atomic mass is 10.1. The van der Waals surface area contributed by atoms with Crippen LogP contribution in [0.5, 0.6) is 0 Å². The van der Waals surface area contributed by atoms with Gasteiger partial charge in [0.2, 0.25) is 0 Å². The summed E-state index contributed by atoms with van der Waals surface area (Å²) in [4.78, 5) is 33.2. The molecule has 2 heterocycles. The number of para-hydroxylation sites is 2. The van der Waals surface area contributed by atoms with Crippen LogP contribution in [-0.4, -0.2) is 38.2 Å². The van der Waals surface area contributed by atoms with Gasteiger partial charge in [-0.3, -0.25) is 14.9 Å². The molecule has 1 amide bonds. The van der Waals surface area contributed by atoms with E-state index in [0.29, 0.717) is 34.3 Å². The molecule has 10 nitrogen and oxygen atoms in total. The van der Waals surface area contributed by atoms with Gasteiger partial charge in [0.25, 0.3) is 11.6 Å². The summed E-state index contributed by atoms with van der Waals surface area (Å²) in [6, 6.07) is 23.4. The summed E-state index contributed by atoms with van der Waals surface area (Å²) in [7, 11) is 0. The average molecular weight is 494 g/mol. The monoisotopic (exact) mass is 493 g/mol. The number of nitrogen functional groups attached to an aromatic ring is 1. The van der Waals surface area contributed by atoms with E-state index in [1.54, 1.807) is 12.1 Å². The normalized spacial score (nSPS) is 11.4.